The number of nitrogens with one attached hydrogen (secondary N) is 2. The van der Waals surface area contributed by atoms with Crippen molar-refractivity contribution < 1.29 is 14.7 Å². The first-order valence-electron chi connectivity index (χ1n) is 9.55. The molecule has 3 N–H and O–H groups in total. The maximum absolute atomic E-state index is 12.2. The van der Waals surface area contributed by atoms with Crippen molar-refractivity contribution in [1.29, 1.82) is 0 Å². The van der Waals surface area contributed by atoms with E-state index < -0.39 is 6.10 Å². The Morgan fingerprint density at radius 1 is 1.28 bits per heavy atom. The molecule has 0 spiro atoms. The van der Waals surface area contributed by atoms with E-state index in [1.54, 1.807) is 19.1 Å². The van der Waals surface area contributed by atoms with E-state index in [1.807, 2.05) is 29.2 Å². The molecule has 1 unspecified atom stereocenters. The van der Waals surface area contributed by atoms with Crippen LogP contribution in [-0.2, 0) is 9.59 Å². The van der Waals surface area contributed by atoms with Crippen molar-refractivity contribution in [2.45, 2.75) is 38.3 Å². The van der Waals surface area contributed by atoms with Crippen molar-refractivity contribution in [3.8, 4) is 0 Å². The van der Waals surface area contributed by atoms with Gasteiger partial charge in [0.2, 0.25) is 5.91 Å². The summed E-state index contributed by atoms with van der Waals surface area (Å²) < 4.78 is 0. The zero-order chi connectivity index (χ0) is 21.0. The van der Waals surface area contributed by atoms with Gasteiger partial charge in [0.25, 0.3) is 5.91 Å². The van der Waals surface area contributed by atoms with Gasteiger partial charge >= 0.3 is 0 Å². The molecule has 1 saturated carbocycles. The number of hydrogen-bond donors (Lipinski definition) is 3. The van der Waals surface area contributed by atoms with Gasteiger partial charge in [0.05, 0.1) is 11.7 Å². The monoisotopic (exact) mass is 433 g/mol. The van der Waals surface area contributed by atoms with E-state index in [-0.39, 0.29) is 24.9 Å². The van der Waals surface area contributed by atoms with Crippen LogP contribution < -0.4 is 15.5 Å². The first-order chi connectivity index (χ1) is 13.8. The molecule has 1 aromatic rings. The molecule has 2 amide bonds. The summed E-state index contributed by atoms with van der Waals surface area (Å²) >= 11 is 11.1. The van der Waals surface area contributed by atoms with Crippen LogP contribution in [0.25, 0.3) is 0 Å². The van der Waals surface area contributed by atoms with Crippen molar-refractivity contribution in [2.24, 2.45) is 0 Å². The molecule has 0 aliphatic heterocycles. The Morgan fingerprint density at radius 2 is 1.97 bits per heavy atom. The Balaban J connectivity index is 1.46. The number of amides is 2. The highest BCUT2D eigenvalue weighted by Gasteiger charge is 2.31. The minimum Gasteiger partial charge on any atom is -0.389 e. The van der Waals surface area contributed by atoms with Crippen LogP contribution in [0.2, 0.25) is 0 Å². The minimum absolute atomic E-state index is 0.0451. The predicted octanol–water partition coefficient (Wildman–Crippen LogP) is 2.91. The van der Waals surface area contributed by atoms with Crippen molar-refractivity contribution in [3.05, 3.63) is 47.0 Å². The van der Waals surface area contributed by atoms with Crippen LogP contribution in [0.1, 0.15) is 26.2 Å². The topological polar surface area (TPSA) is 81.7 Å². The summed E-state index contributed by atoms with van der Waals surface area (Å²) in [6.45, 7) is 1.93. The summed E-state index contributed by atoms with van der Waals surface area (Å²) in [6, 6.07) is 7.85. The van der Waals surface area contributed by atoms with Gasteiger partial charge in [0.1, 0.15) is 0 Å². The molecular weight excluding hydrogens is 410 g/mol. The van der Waals surface area contributed by atoms with Crippen LogP contribution in [0.15, 0.2) is 47.0 Å². The summed E-state index contributed by atoms with van der Waals surface area (Å²) in [5.74, 6) is -0.294. The Morgan fingerprint density at radius 3 is 2.59 bits per heavy atom. The van der Waals surface area contributed by atoms with Crippen LogP contribution in [0, 0.1) is 0 Å². The summed E-state index contributed by atoms with van der Waals surface area (Å²) in [7, 11) is 0. The standard InChI is InChI=1S/C21H24ClN3O3S/c1-13(26)25(17-7-8-17)16-5-3-15(4-6-16)23-11-18(27)12-24-21(28)19-10-14(22)2-9-20(19)29/h2-6,10,17-18,23,27H,7-9,11-12H2,1H3,(H,24,28). The van der Waals surface area contributed by atoms with Gasteiger partial charge in [-0.2, -0.15) is 0 Å². The van der Waals surface area contributed by atoms with E-state index in [2.05, 4.69) is 10.6 Å². The fraction of sp³-hybridized carbons (Fsp3) is 0.381. The Hall–Kier alpha value is -2.22. The molecule has 0 bridgehead atoms. The Labute approximate surface area is 180 Å². The highest BCUT2D eigenvalue weighted by atomic mass is 35.5. The predicted molar refractivity (Wildman–Crippen MR) is 119 cm³/mol. The quantitative estimate of drug-likeness (QED) is 0.549. The third-order valence-corrected chi connectivity index (χ3v) is 5.40. The molecule has 29 heavy (non-hydrogen) atoms. The summed E-state index contributed by atoms with van der Waals surface area (Å²) in [6.07, 6.45) is 5.08. The molecular formula is C21H24ClN3O3S. The van der Waals surface area contributed by atoms with Gasteiger partial charge in [0, 0.05) is 53.7 Å². The number of carbonyl (C=O) groups is 2. The first kappa shape index (κ1) is 21.5. The molecule has 3 rings (SSSR count). The molecule has 1 aromatic carbocycles. The lowest BCUT2D eigenvalue weighted by molar-refractivity contribution is -0.117. The van der Waals surface area contributed by atoms with E-state index in [1.165, 1.54) is 0 Å². The lowest BCUT2D eigenvalue weighted by atomic mass is 10.0. The molecule has 0 heterocycles. The van der Waals surface area contributed by atoms with Gasteiger partial charge in [-0.3, -0.25) is 9.59 Å². The van der Waals surface area contributed by atoms with Crippen molar-refractivity contribution in [2.75, 3.05) is 23.3 Å². The average molecular weight is 434 g/mol. The zero-order valence-corrected chi connectivity index (χ0v) is 17.7. The highest BCUT2D eigenvalue weighted by Crippen LogP contribution is 2.32. The van der Waals surface area contributed by atoms with E-state index >= 15 is 0 Å². The number of carbonyl (C=O) groups excluding carboxylic acids is 2. The third-order valence-electron chi connectivity index (χ3n) is 4.75. The van der Waals surface area contributed by atoms with Gasteiger partial charge in [0.15, 0.2) is 0 Å². The van der Waals surface area contributed by atoms with Gasteiger partial charge in [-0.1, -0.05) is 29.9 Å². The number of benzene rings is 1. The van der Waals surface area contributed by atoms with Crippen molar-refractivity contribution >= 4 is 51.9 Å². The SMILES string of the molecule is CC(=O)N(c1ccc(NCC(O)CNC(=O)C2=CC(Cl)=CCC2=S)cc1)C1CC1. The molecule has 1 atom stereocenters. The van der Waals surface area contributed by atoms with E-state index in [0.29, 0.717) is 27.9 Å². The number of allylic oxidation sites excluding steroid dienone is 3. The zero-order valence-electron chi connectivity index (χ0n) is 16.2. The number of aliphatic hydroxyl groups excluding tert-OH is 1. The molecule has 8 heteroatoms. The normalized spacial score (nSPS) is 17.1. The van der Waals surface area contributed by atoms with Gasteiger partial charge in [-0.15, -0.1) is 0 Å². The second-order valence-electron chi connectivity index (χ2n) is 7.19. The van der Waals surface area contributed by atoms with E-state index in [9.17, 15) is 14.7 Å². The van der Waals surface area contributed by atoms with E-state index in [4.69, 9.17) is 23.8 Å². The van der Waals surface area contributed by atoms with Crippen LogP contribution in [0.5, 0.6) is 0 Å². The Bertz CT molecular complexity index is 862. The number of aliphatic hydroxyl groups is 1. The number of nitrogens with zero attached hydrogens (tertiary/aromatic N) is 1. The number of anilines is 2. The molecule has 154 valence electrons. The molecule has 0 saturated heterocycles. The van der Waals surface area contributed by atoms with Crippen LogP contribution >= 0.6 is 23.8 Å². The van der Waals surface area contributed by atoms with Gasteiger partial charge < -0.3 is 20.6 Å². The number of halogens is 1. The largest absolute Gasteiger partial charge is 0.389 e. The summed E-state index contributed by atoms with van der Waals surface area (Å²) in [4.78, 5) is 26.4. The second-order valence-corrected chi connectivity index (χ2v) is 8.12. The van der Waals surface area contributed by atoms with Crippen LogP contribution in [0.4, 0.5) is 11.4 Å². The number of rotatable bonds is 8. The molecule has 0 aromatic heterocycles. The minimum atomic E-state index is -0.775. The second kappa shape index (κ2) is 9.52. The molecule has 2 aliphatic carbocycles. The Kier molecular flexibility index (Phi) is 7.05. The highest BCUT2D eigenvalue weighted by molar-refractivity contribution is 7.81. The maximum atomic E-state index is 12.2. The third kappa shape index (κ3) is 5.88. The van der Waals surface area contributed by atoms with Crippen molar-refractivity contribution in [1.82, 2.24) is 5.32 Å². The lowest BCUT2D eigenvalue weighted by Crippen LogP contribution is -2.37. The van der Waals surface area contributed by atoms with Crippen LogP contribution in [-0.4, -0.2) is 47.0 Å². The van der Waals surface area contributed by atoms with E-state index in [0.717, 1.165) is 24.2 Å². The summed E-state index contributed by atoms with van der Waals surface area (Å²) in [5, 5.41) is 16.4. The van der Waals surface area contributed by atoms with Gasteiger partial charge in [-0.05, 0) is 43.2 Å². The molecule has 2 aliphatic rings. The first-order valence-corrected chi connectivity index (χ1v) is 10.3. The molecule has 1 fully saturated rings. The average Bonchev–Trinajstić information content (AvgIpc) is 3.52. The maximum Gasteiger partial charge on any atom is 0.252 e. The smallest absolute Gasteiger partial charge is 0.252 e. The van der Waals surface area contributed by atoms with Gasteiger partial charge in [-0.25, -0.2) is 0 Å². The van der Waals surface area contributed by atoms with Crippen LogP contribution in [0.3, 0.4) is 0 Å². The number of thiocarbonyl (C=S) groups is 1. The van der Waals surface area contributed by atoms with Crippen molar-refractivity contribution in [3.63, 3.8) is 0 Å². The fourth-order valence-electron chi connectivity index (χ4n) is 3.11. The molecule has 6 nitrogen and oxygen atoms in total. The fourth-order valence-corrected chi connectivity index (χ4v) is 3.53. The molecule has 0 radical (unpaired) electrons. The number of hydrogen-bond acceptors (Lipinski definition) is 5. The lowest BCUT2D eigenvalue weighted by Gasteiger charge is -2.21. The summed E-state index contributed by atoms with van der Waals surface area (Å²) in [5.41, 5.74) is 2.07.